The van der Waals surface area contributed by atoms with E-state index in [2.05, 4.69) is 21.0 Å². The van der Waals surface area contributed by atoms with E-state index >= 15 is 0 Å². The van der Waals surface area contributed by atoms with Crippen LogP contribution in [0.4, 0.5) is 5.69 Å². The van der Waals surface area contributed by atoms with Crippen LogP contribution in [0.15, 0.2) is 15.5 Å². The fourth-order valence-corrected chi connectivity index (χ4v) is 1.92. The lowest BCUT2D eigenvalue weighted by molar-refractivity contribution is -0.127. The van der Waals surface area contributed by atoms with Crippen molar-refractivity contribution < 1.29 is 4.79 Å². The predicted octanol–water partition coefficient (Wildman–Crippen LogP) is 1.69. The van der Waals surface area contributed by atoms with Gasteiger partial charge in [-0.15, -0.1) is 0 Å². The lowest BCUT2D eigenvalue weighted by atomic mass is 9.91. The van der Waals surface area contributed by atoms with E-state index in [1.165, 1.54) is 4.68 Å². The molecule has 0 atom stereocenters. The quantitative estimate of drug-likeness (QED) is 0.851. The first-order valence-electron chi connectivity index (χ1n) is 5.61. The fraction of sp³-hybridized carbons (Fsp3) is 0.583. The molecule has 1 aromatic rings. The molecule has 0 aliphatic rings. The van der Waals surface area contributed by atoms with Crippen molar-refractivity contribution in [3.8, 4) is 0 Å². The van der Waals surface area contributed by atoms with Crippen molar-refractivity contribution in [3.05, 3.63) is 21.0 Å². The zero-order chi connectivity index (χ0) is 14.1. The molecule has 6 heteroatoms. The molecule has 0 amide bonds. The van der Waals surface area contributed by atoms with E-state index in [9.17, 15) is 9.59 Å². The van der Waals surface area contributed by atoms with Crippen LogP contribution in [0, 0.1) is 5.41 Å². The Morgan fingerprint density at radius 1 is 1.44 bits per heavy atom. The highest BCUT2D eigenvalue weighted by Crippen LogP contribution is 2.19. The maximum absolute atomic E-state index is 12.0. The van der Waals surface area contributed by atoms with Gasteiger partial charge in [0.05, 0.1) is 11.9 Å². The molecule has 0 spiro atoms. The Balaban J connectivity index is 3.11. The van der Waals surface area contributed by atoms with Gasteiger partial charge in [-0.3, -0.25) is 9.59 Å². The van der Waals surface area contributed by atoms with Crippen molar-refractivity contribution in [1.29, 1.82) is 0 Å². The van der Waals surface area contributed by atoms with Crippen molar-refractivity contribution in [3.63, 3.8) is 0 Å². The molecule has 0 N–H and O–H groups in total. The summed E-state index contributed by atoms with van der Waals surface area (Å²) in [5, 5.41) is 4.03. The van der Waals surface area contributed by atoms with Crippen LogP contribution in [0.25, 0.3) is 0 Å². The monoisotopic (exact) mass is 315 g/mol. The number of aromatic nitrogens is 2. The Kier molecular flexibility index (Phi) is 4.32. The average Bonchev–Trinajstić information content (AvgIpc) is 2.22. The third-order valence-electron chi connectivity index (χ3n) is 2.58. The number of carbonyl (C=O) groups excluding carboxylic acids is 1. The van der Waals surface area contributed by atoms with E-state index in [-0.39, 0.29) is 17.9 Å². The molecule has 0 aliphatic heterocycles. The molecule has 0 aromatic carbocycles. The lowest BCUT2D eigenvalue weighted by Crippen LogP contribution is -2.33. The number of hydrogen-bond donors (Lipinski definition) is 0. The summed E-state index contributed by atoms with van der Waals surface area (Å²) < 4.78 is 1.61. The van der Waals surface area contributed by atoms with Gasteiger partial charge in [0.15, 0.2) is 5.78 Å². The minimum absolute atomic E-state index is 0.00532. The van der Waals surface area contributed by atoms with E-state index < -0.39 is 5.41 Å². The van der Waals surface area contributed by atoms with Gasteiger partial charge in [0, 0.05) is 19.5 Å². The topological polar surface area (TPSA) is 55.2 Å². The van der Waals surface area contributed by atoms with E-state index in [1.54, 1.807) is 11.1 Å². The van der Waals surface area contributed by atoms with Gasteiger partial charge in [0.2, 0.25) is 0 Å². The highest BCUT2D eigenvalue weighted by Gasteiger charge is 2.22. The summed E-state index contributed by atoms with van der Waals surface area (Å²) in [4.78, 5) is 25.7. The van der Waals surface area contributed by atoms with Crippen LogP contribution in [0.2, 0.25) is 0 Å². The summed E-state index contributed by atoms with van der Waals surface area (Å²) in [6, 6.07) is 0. The Morgan fingerprint density at radius 2 is 2.00 bits per heavy atom. The molecule has 1 rings (SSSR count). The standard InChI is InChI=1S/C12H18BrN3O2/c1-12(2,3)9(17)7-16-11(18)10(13)8(6-14-16)15(4)5/h6H,7H2,1-5H3. The van der Waals surface area contributed by atoms with Gasteiger partial charge in [-0.05, 0) is 15.9 Å². The number of anilines is 1. The highest BCUT2D eigenvalue weighted by molar-refractivity contribution is 9.10. The Labute approximate surface area is 115 Å². The zero-order valence-corrected chi connectivity index (χ0v) is 12.9. The van der Waals surface area contributed by atoms with Crippen LogP contribution in [-0.2, 0) is 11.3 Å². The molecule has 0 saturated heterocycles. The fourth-order valence-electron chi connectivity index (χ4n) is 1.25. The summed E-state index contributed by atoms with van der Waals surface area (Å²) in [5.41, 5.74) is -0.0772. The van der Waals surface area contributed by atoms with Gasteiger partial charge in [-0.1, -0.05) is 20.8 Å². The first kappa shape index (κ1) is 14.9. The predicted molar refractivity (Wildman–Crippen MR) is 75.0 cm³/mol. The van der Waals surface area contributed by atoms with Gasteiger partial charge in [0.25, 0.3) is 5.56 Å². The van der Waals surface area contributed by atoms with E-state index in [0.717, 1.165) is 0 Å². The second-order valence-electron chi connectivity index (χ2n) is 5.37. The summed E-state index contributed by atoms with van der Waals surface area (Å²) >= 11 is 3.25. The molecule has 0 fully saturated rings. The number of halogens is 1. The zero-order valence-electron chi connectivity index (χ0n) is 11.3. The highest BCUT2D eigenvalue weighted by atomic mass is 79.9. The van der Waals surface area contributed by atoms with E-state index in [0.29, 0.717) is 10.2 Å². The molecule has 1 aromatic heterocycles. The first-order chi connectivity index (χ1) is 8.14. The Morgan fingerprint density at radius 3 is 2.44 bits per heavy atom. The van der Waals surface area contributed by atoms with Crippen LogP contribution >= 0.6 is 15.9 Å². The lowest BCUT2D eigenvalue weighted by Gasteiger charge is -2.18. The maximum Gasteiger partial charge on any atom is 0.283 e. The summed E-state index contributed by atoms with van der Waals surface area (Å²) in [6.07, 6.45) is 1.57. The molecule has 0 aliphatic carbocycles. The molecular formula is C12H18BrN3O2. The number of ketones is 1. The first-order valence-corrected chi connectivity index (χ1v) is 6.40. The van der Waals surface area contributed by atoms with Crippen LogP contribution in [0.5, 0.6) is 0 Å². The smallest absolute Gasteiger partial charge is 0.283 e. The SMILES string of the molecule is CN(C)c1cnn(CC(=O)C(C)(C)C)c(=O)c1Br. The van der Waals surface area contributed by atoms with Gasteiger partial charge in [0.1, 0.15) is 11.0 Å². The van der Waals surface area contributed by atoms with Gasteiger partial charge in [-0.25, -0.2) is 4.68 Å². The second kappa shape index (κ2) is 5.22. The van der Waals surface area contributed by atoms with Crippen molar-refractivity contribution in [2.75, 3.05) is 19.0 Å². The van der Waals surface area contributed by atoms with Gasteiger partial charge in [-0.2, -0.15) is 5.10 Å². The maximum atomic E-state index is 12.0. The van der Waals surface area contributed by atoms with E-state index in [4.69, 9.17) is 0 Å². The Bertz CT molecular complexity index is 515. The summed E-state index contributed by atoms with van der Waals surface area (Å²) in [7, 11) is 3.65. The molecule has 18 heavy (non-hydrogen) atoms. The molecule has 0 radical (unpaired) electrons. The summed E-state index contributed by atoms with van der Waals surface area (Å²) in [5.74, 6) is -0.0263. The number of hydrogen-bond acceptors (Lipinski definition) is 4. The van der Waals surface area contributed by atoms with Crippen molar-refractivity contribution in [2.45, 2.75) is 27.3 Å². The third-order valence-corrected chi connectivity index (χ3v) is 3.32. The molecule has 1 heterocycles. The minimum Gasteiger partial charge on any atom is -0.375 e. The third kappa shape index (κ3) is 3.19. The molecule has 0 saturated carbocycles. The number of carbonyl (C=O) groups is 1. The average molecular weight is 316 g/mol. The van der Waals surface area contributed by atoms with Crippen molar-refractivity contribution in [2.24, 2.45) is 5.41 Å². The van der Waals surface area contributed by atoms with Crippen LogP contribution in [0.1, 0.15) is 20.8 Å². The Hall–Kier alpha value is -1.17. The molecule has 5 nitrogen and oxygen atoms in total. The molecule has 100 valence electrons. The van der Waals surface area contributed by atoms with Crippen LogP contribution in [-0.4, -0.2) is 29.7 Å². The minimum atomic E-state index is -0.478. The normalized spacial score (nSPS) is 11.4. The molecule has 0 unspecified atom stereocenters. The van der Waals surface area contributed by atoms with Crippen LogP contribution < -0.4 is 10.5 Å². The summed E-state index contributed by atoms with van der Waals surface area (Å²) in [6.45, 7) is 5.46. The van der Waals surface area contributed by atoms with Crippen molar-refractivity contribution in [1.82, 2.24) is 9.78 Å². The largest absolute Gasteiger partial charge is 0.375 e. The number of Topliss-reactive ketones (excluding diaryl/α,β-unsaturated/α-hetero) is 1. The van der Waals surface area contributed by atoms with Gasteiger partial charge >= 0.3 is 0 Å². The molecule has 0 bridgehead atoms. The van der Waals surface area contributed by atoms with Crippen LogP contribution in [0.3, 0.4) is 0 Å². The van der Waals surface area contributed by atoms with Gasteiger partial charge < -0.3 is 4.90 Å². The van der Waals surface area contributed by atoms with Crippen molar-refractivity contribution >= 4 is 27.4 Å². The second-order valence-corrected chi connectivity index (χ2v) is 6.17. The molecular weight excluding hydrogens is 298 g/mol. The number of rotatable bonds is 3. The van der Waals surface area contributed by atoms with E-state index in [1.807, 2.05) is 34.9 Å². The number of nitrogens with zero attached hydrogens (tertiary/aromatic N) is 3.